The van der Waals surface area contributed by atoms with Gasteiger partial charge in [0.25, 0.3) is 5.91 Å². The van der Waals surface area contributed by atoms with Gasteiger partial charge in [0.05, 0.1) is 24.1 Å². The lowest BCUT2D eigenvalue weighted by Crippen LogP contribution is -2.71. The van der Waals surface area contributed by atoms with E-state index in [0.29, 0.717) is 30.7 Å². The summed E-state index contributed by atoms with van der Waals surface area (Å²) in [5, 5.41) is 40.4. The molecule has 0 unspecified atom stereocenters. The highest BCUT2D eigenvalue weighted by Gasteiger charge is 2.65. The molecule has 12 heteroatoms. The fourth-order valence-electron chi connectivity index (χ4n) is 6.89. The molecule has 3 fully saturated rings. The molecule has 5 heterocycles. The van der Waals surface area contributed by atoms with Crippen LogP contribution >= 0.6 is 0 Å². The average molecular weight is 559 g/mol. The van der Waals surface area contributed by atoms with Crippen molar-refractivity contribution in [2.45, 2.75) is 61.2 Å². The Bertz CT molecular complexity index is 1250. The van der Waals surface area contributed by atoms with Gasteiger partial charge in [0.2, 0.25) is 6.29 Å². The van der Waals surface area contributed by atoms with E-state index < -0.39 is 66.8 Å². The number of piperidine rings is 2. The minimum atomic E-state index is -1.61. The third-order valence-electron chi connectivity index (χ3n) is 9.02. The van der Waals surface area contributed by atoms with Crippen molar-refractivity contribution in [2.75, 3.05) is 27.4 Å². The molecule has 0 spiro atoms. The van der Waals surface area contributed by atoms with E-state index >= 15 is 0 Å². The van der Waals surface area contributed by atoms with Crippen molar-refractivity contribution < 1.29 is 48.9 Å². The molecule has 0 aromatic heterocycles. The smallest absolute Gasteiger partial charge is 0.255 e. The Morgan fingerprint density at radius 1 is 1.15 bits per heavy atom. The lowest BCUT2D eigenvalue weighted by molar-refractivity contribution is -0.340. The van der Waals surface area contributed by atoms with Crippen LogP contribution in [0.5, 0.6) is 0 Å². The minimum Gasteiger partial charge on any atom is -0.471 e. The topological polar surface area (TPSA) is 160 Å². The van der Waals surface area contributed by atoms with Gasteiger partial charge < -0.3 is 49.0 Å². The summed E-state index contributed by atoms with van der Waals surface area (Å²) in [6, 6.07) is 7.73. The summed E-state index contributed by atoms with van der Waals surface area (Å²) in [6.45, 7) is 3.73. The van der Waals surface area contributed by atoms with Crippen LogP contribution in [0.3, 0.4) is 0 Å². The number of aliphatic imine (C=N–C) groups is 1. The molecule has 1 amide bonds. The predicted molar refractivity (Wildman–Crippen MR) is 138 cm³/mol. The van der Waals surface area contributed by atoms with Gasteiger partial charge in [-0.2, -0.15) is 0 Å². The Balaban J connectivity index is 1.34. The monoisotopic (exact) mass is 558 g/mol. The van der Waals surface area contributed by atoms with Gasteiger partial charge in [-0.25, -0.2) is 4.99 Å². The third kappa shape index (κ3) is 3.68. The molecule has 4 N–H and O–H groups in total. The van der Waals surface area contributed by atoms with Crippen molar-refractivity contribution in [1.82, 2.24) is 4.90 Å². The Kier molecular flexibility index (Phi) is 6.87. The largest absolute Gasteiger partial charge is 0.471 e. The molecule has 3 saturated heterocycles. The van der Waals surface area contributed by atoms with Gasteiger partial charge in [-0.1, -0.05) is 24.3 Å². The molecule has 1 aromatic rings. The predicted octanol–water partition coefficient (Wildman–Crippen LogP) is 0.0682. The van der Waals surface area contributed by atoms with E-state index in [2.05, 4.69) is 6.58 Å². The number of rotatable bonds is 6. The molecule has 10 atom stereocenters. The summed E-state index contributed by atoms with van der Waals surface area (Å²) in [5.74, 6) is -1.35. The summed E-state index contributed by atoms with van der Waals surface area (Å²) in [7, 11) is 3.19. The van der Waals surface area contributed by atoms with Crippen LogP contribution in [0.25, 0.3) is 0 Å². The first-order chi connectivity index (χ1) is 19.3. The Hall–Kier alpha value is -2.68. The van der Waals surface area contributed by atoms with E-state index in [1.165, 1.54) is 6.26 Å². The van der Waals surface area contributed by atoms with E-state index in [9.17, 15) is 25.2 Å². The maximum Gasteiger partial charge on any atom is 0.255 e. The molecule has 40 heavy (non-hydrogen) atoms. The number of carbonyl (C=O) groups excluding carboxylic acids is 1. The zero-order chi connectivity index (χ0) is 28.4. The van der Waals surface area contributed by atoms with Crippen LogP contribution in [0.15, 0.2) is 53.7 Å². The second-order valence-electron chi connectivity index (χ2n) is 10.7. The van der Waals surface area contributed by atoms with E-state index in [1.54, 1.807) is 25.2 Å². The van der Waals surface area contributed by atoms with Gasteiger partial charge >= 0.3 is 0 Å². The highest BCUT2D eigenvalue weighted by Crippen LogP contribution is 2.55. The zero-order valence-corrected chi connectivity index (χ0v) is 22.3. The highest BCUT2D eigenvalue weighted by atomic mass is 16.8. The summed E-state index contributed by atoms with van der Waals surface area (Å²) in [5.41, 5.74) is 0.637. The van der Waals surface area contributed by atoms with Gasteiger partial charge in [0, 0.05) is 51.0 Å². The molecule has 12 nitrogen and oxygen atoms in total. The normalized spacial score (nSPS) is 42.0. The Morgan fingerprint density at radius 2 is 1.93 bits per heavy atom. The SMILES string of the molecule is C=C[C@H]1[C@H](O[C@@H]2O[C@H](CO)[C@@H](O)[C@H](O)[C@H]2O)OC=C2C(=O)N3CC[C@]4(OC)C(=Nc5ccccc54)[C@@]3(OC)C[C@H]21. The van der Waals surface area contributed by atoms with Crippen molar-refractivity contribution in [3.8, 4) is 0 Å². The van der Waals surface area contributed by atoms with Gasteiger partial charge in [0.15, 0.2) is 12.0 Å². The molecular weight excluding hydrogens is 524 g/mol. The number of aliphatic hydroxyl groups is 4. The van der Waals surface area contributed by atoms with Crippen LogP contribution in [0, 0.1) is 11.8 Å². The van der Waals surface area contributed by atoms with Crippen LogP contribution in [0.1, 0.15) is 18.4 Å². The van der Waals surface area contributed by atoms with Crippen molar-refractivity contribution in [1.29, 1.82) is 0 Å². The zero-order valence-electron chi connectivity index (χ0n) is 22.3. The van der Waals surface area contributed by atoms with Crippen LogP contribution in [0.4, 0.5) is 5.69 Å². The fourth-order valence-corrected chi connectivity index (χ4v) is 6.89. The summed E-state index contributed by atoms with van der Waals surface area (Å²) >= 11 is 0. The van der Waals surface area contributed by atoms with Gasteiger partial charge in [-0.15, -0.1) is 6.58 Å². The number of hydrogen-bond acceptors (Lipinski definition) is 11. The number of methoxy groups -OCH3 is 2. The number of ether oxygens (including phenoxy) is 5. The van der Waals surface area contributed by atoms with Crippen LogP contribution in [0.2, 0.25) is 0 Å². The van der Waals surface area contributed by atoms with E-state index in [1.807, 2.05) is 24.3 Å². The summed E-state index contributed by atoms with van der Waals surface area (Å²) < 4.78 is 29.7. The molecule has 5 aliphatic heterocycles. The molecule has 0 radical (unpaired) electrons. The first kappa shape index (κ1) is 27.5. The highest BCUT2D eigenvalue weighted by molar-refractivity contribution is 6.10. The maximum absolute atomic E-state index is 14.0. The van der Waals surface area contributed by atoms with Crippen molar-refractivity contribution in [2.24, 2.45) is 16.8 Å². The van der Waals surface area contributed by atoms with E-state index in [0.717, 1.165) is 11.3 Å². The molecule has 216 valence electrons. The number of carbonyl (C=O) groups is 1. The first-order valence-electron chi connectivity index (χ1n) is 13.3. The fraction of sp³-hybridized carbons (Fsp3) is 0.571. The van der Waals surface area contributed by atoms with Crippen LogP contribution in [-0.2, 0) is 34.1 Å². The second-order valence-corrected chi connectivity index (χ2v) is 10.7. The summed E-state index contributed by atoms with van der Waals surface area (Å²) in [4.78, 5) is 20.6. The molecule has 6 rings (SSSR count). The maximum atomic E-state index is 14.0. The number of para-hydroxylation sites is 1. The molecular formula is C28H34N2O10. The Morgan fingerprint density at radius 3 is 2.62 bits per heavy atom. The quantitative estimate of drug-likeness (QED) is 0.352. The number of aliphatic hydroxyl groups excluding tert-OH is 4. The number of benzene rings is 1. The molecule has 0 saturated carbocycles. The summed E-state index contributed by atoms with van der Waals surface area (Å²) in [6.07, 6.45) is -4.63. The first-order valence-corrected chi connectivity index (χ1v) is 13.3. The molecule has 1 aromatic carbocycles. The standard InChI is InChI=1S/C28H34N2O10/c1-4-14-15-11-28(37-3)26-27(36-2,17-7-5-6-8-18(17)29-26)9-10-30(28)23(35)16(15)13-38-24(14)40-25-22(34)21(33)20(32)19(12-31)39-25/h4-8,13-15,19-22,24-25,31-34H,1,9-12H2,2-3H3/t14-,15+,19-,20-,21+,22-,24+,25+,27-,28+/m1/s1. The second kappa shape index (κ2) is 10.00. The van der Waals surface area contributed by atoms with Gasteiger partial charge in [-0.3, -0.25) is 4.79 Å². The average Bonchev–Trinajstić information content (AvgIpc) is 3.33. The van der Waals surface area contributed by atoms with Crippen molar-refractivity contribution >= 4 is 17.3 Å². The number of nitrogens with zero attached hydrogens (tertiary/aromatic N) is 2. The van der Waals surface area contributed by atoms with Crippen LogP contribution < -0.4 is 0 Å². The van der Waals surface area contributed by atoms with Gasteiger partial charge in [-0.05, 0) is 6.07 Å². The van der Waals surface area contributed by atoms with Crippen LogP contribution in [-0.4, -0.2) is 107 Å². The molecule has 5 aliphatic rings. The van der Waals surface area contributed by atoms with E-state index in [-0.39, 0.29) is 5.91 Å². The lowest BCUT2D eigenvalue weighted by Gasteiger charge is -2.57. The number of amides is 1. The lowest BCUT2D eigenvalue weighted by atomic mass is 9.68. The number of hydrogen-bond donors (Lipinski definition) is 4. The molecule has 0 bridgehead atoms. The van der Waals surface area contributed by atoms with Crippen molar-refractivity contribution in [3.63, 3.8) is 0 Å². The Labute approximate surface area is 231 Å². The third-order valence-corrected chi connectivity index (χ3v) is 9.02. The molecule has 0 aliphatic carbocycles. The minimum absolute atomic E-state index is 0.264. The number of fused-ring (bicyclic) bond motifs is 6. The van der Waals surface area contributed by atoms with E-state index in [4.69, 9.17) is 28.7 Å². The van der Waals surface area contributed by atoms with Gasteiger partial charge in [0.1, 0.15) is 35.7 Å². The van der Waals surface area contributed by atoms with Crippen molar-refractivity contribution in [3.05, 3.63) is 54.3 Å².